The quantitative estimate of drug-likeness (QED) is 0.177. The zero-order valence-corrected chi connectivity index (χ0v) is 31.2. The first-order valence-corrected chi connectivity index (χ1v) is 19.3. The Balaban J connectivity index is 1.10. The van der Waals surface area contributed by atoms with E-state index in [0.29, 0.717) is 0 Å². The molecule has 8 aromatic carbocycles. The van der Waals surface area contributed by atoms with E-state index in [2.05, 4.69) is 208 Å². The van der Waals surface area contributed by atoms with Gasteiger partial charge < -0.3 is 9.32 Å². The minimum absolute atomic E-state index is 0.125. The van der Waals surface area contributed by atoms with Crippen molar-refractivity contribution in [1.82, 2.24) is 0 Å². The summed E-state index contributed by atoms with van der Waals surface area (Å²) in [6.45, 7) is 7.07. The molecule has 55 heavy (non-hydrogen) atoms. The molecule has 0 unspecified atom stereocenters. The van der Waals surface area contributed by atoms with Gasteiger partial charge in [-0.15, -0.1) is 0 Å². The van der Waals surface area contributed by atoms with Crippen molar-refractivity contribution < 1.29 is 4.42 Å². The number of nitrogens with zero attached hydrogens (tertiary/aromatic N) is 1. The molecular formula is C53H39NO. The van der Waals surface area contributed by atoms with Gasteiger partial charge in [0.2, 0.25) is 0 Å². The molecule has 0 aliphatic heterocycles. The van der Waals surface area contributed by atoms with Gasteiger partial charge in [0.15, 0.2) is 5.58 Å². The van der Waals surface area contributed by atoms with Gasteiger partial charge in [-0.3, -0.25) is 0 Å². The van der Waals surface area contributed by atoms with Crippen LogP contribution in [0.15, 0.2) is 186 Å². The molecule has 1 aromatic heterocycles. The van der Waals surface area contributed by atoms with Crippen LogP contribution in [0.3, 0.4) is 0 Å². The Kier molecular flexibility index (Phi) is 6.76. The van der Waals surface area contributed by atoms with Crippen LogP contribution >= 0.6 is 0 Å². The van der Waals surface area contributed by atoms with Crippen molar-refractivity contribution in [2.75, 3.05) is 4.90 Å². The lowest BCUT2D eigenvalue weighted by molar-refractivity contribution is 0.660. The summed E-state index contributed by atoms with van der Waals surface area (Å²) in [5.74, 6) is 0. The first-order chi connectivity index (χ1) is 26.9. The largest absolute Gasteiger partial charge is 0.454 e. The number of anilines is 3. The van der Waals surface area contributed by atoms with E-state index < -0.39 is 0 Å². The van der Waals surface area contributed by atoms with Crippen LogP contribution in [0.4, 0.5) is 17.1 Å². The molecule has 0 amide bonds. The van der Waals surface area contributed by atoms with Crippen molar-refractivity contribution in [2.45, 2.75) is 31.6 Å². The Bertz CT molecular complexity index is 2920. The Morgan fingerprint density at radius 1 is 0.418 bits per heavy atom. The number of hydrogen-bond donors (Lipinski definition) is 0. The van der Waals surface area contributed by atoms with Crippen LogP contribution in [0, 0.1) is 0 Å². The minimum atomic E-state index is -0.288. The van der Waals surface area contributed by atoms with Crippen molar-refractivity contribution in [1.29, 1.82) is 0 Å². The summed E-state index contributed by atoms with van der Waals surface area (Å²) in [4.78, 5) is 2.38. The van der Waals surface area contributed by atoms with E-state index in [1.807, 2.05) is 0 Å². The molecule has 0 saturated carbocycles. The van der Waals surface area contributed by atoms with Crippen LogP contribution in [0.1, 0.15) is 48.6 Å². The van der Waals surface area contributed by atoms with Crippen LogP contribution in [0.2, 0.25) is 0 Å². The number of benzene rings is 8. The smallest absolute Gasteiger partial charge is 0.159 e. The average Bonchev–Trinajstić information content (AvgIpc) is 3.83. The topological polar surface area (TPSA) is 16.4 Å². The Morgan fingerprint density at radius 2 is 1.00 bits per heavy atom. The third kappa shape index (κ3) is 4.55. The van der Waals surface area contributed by atoms with Crippen LogP contribution < -0.4 is 4.90 Å². The minimum Gasteiger partial charge on any atom is -0.454 e. The third-order valence-electron chi connectivity index (χ3n) is 12.6. The molecule has 0 saturated heterocycles. The van der Waals surface area contributed by atoms with Gasteiger partial charge in [0.25, 0.3) is 0 Å². The molecule has 2 aliphatic carbocycles. The standard InChI is InChI=1S/C53H39NO/c1-52(2)45-20-10-7-16-39(45)42-30-29-38(33-48(42)52)54(37-27-24-35(25-28-37)34-14-5-4-6-15-34)49-23-13-19-43-44-32-36(26-31-50(44)55-51(43)49)53(3)46-21-11-8-17-40(46)41-18-9-12-22-47(41)53/h4-33H,1-3H3. The second kappa shape index (κ2) is 11.7. The Morgan fingerprint density at radius 3 is 1.71 bits per heavy atom. The molecule has 0 spiro atoms. The number of fused-ring (bicyclic) bond motifs is 9. The fourth-order valence-corrected chi connectivity index (χ4v) is 9.73. The van der Waals surface area contributed by atoms with E-state index in [0.717, 1.165) is 39.0 Å². The maximum atomic E-state index is 6.93. The second-order valence-corrected chi connectivity index (χ2v) is 15.8. The molecule has 0 atom stereocenters. The van der Waals surface area contributed by atoms with Gasteiger partial charge in [-0.1, -0.05) is 153 Å². The van der Waals surface area contributed by atoms with Crippen LogP contribution in [-0.2, 0) is 10.8 Å². The monoisotopic (exact) mass is 705 g/mol. The predicted octanol–water partition coefficient (Wildman–Crippen LogP) is 14.4. The lowest BCUT2D eigenvalue weighted by atomic mass is 9.74. The Labute approximate surface area is 322 Å². The molecule has 2 aliphatic rings. The van der Waals surface area contributed by atoms with Gasteiger partial charge in [0, 0.05) is 33.0 Å². The summed E-state index contributed by atoms with van der Waals surface area (Å²) >= 11 is 0. The first kappa shape index (κ1) is 31.8. The fourth-order valence-electron chi connectivity index (χ4n) is 9.73. The summed E-state index contributed by atoms with van der Waals surface area (Å²) in [5, 5.41) is 2.24. The van der Waals surface area contributed by atoms with E-state index in [-0.39, 0.29) is 10.8 Å². The summed E-state index contributed by atoms with van der Waals surface area (Å²) in [6, 6.07) is 66.5. The summed E-state index contributed by atoms with van der Waals surface area (Å²) in [6.07, 6.45) is 0. The molecule has 0 radical (unpaired) electrons. The highest BCUT2D eigenvalue weighted by atomic mass is 16.3. The molecule has 2 heteroatoms. The van der Waals surface area contributed by atoms with Crippen LogP contribution in [0.25, 0.3) is 55.3 Å². The number of para-hydroxylation sites is 1. The van der Waals surface area contributed by atoms with E-state index in [1.165, 1.54) is 61.2 Å². The van der Waals surface area contributed by atoms with Crippen LogP contribution in [0.5, 0.6) is 0 Å². The summed E-state index contributed by atoms with van der Waals surface area (Å²) in [5.41, 5.74) is 18.9. The zero-order valence-electron chi connectivity index (χ0n) is 31.2. The summed E-state index contributed by atoms with van der Waals surface area (Å²) < 4.78 is 6.93. The lowest BCUT2D eigenvalue weighted by Gasteiger charge is -2.28. The molecule has 0 N–H and O–H groups in total. The Hall–Kier alpha value is -6.64. The SMILES string of the molecule is CC1(C)c2ccccc2-c2ccc(N(c3ccc(-c4ccccc4)cc3)c3cccc4c3oc3ccc(C5(C)c6ccccc6-c6ccccc65)cc34)cc21. The highest BCUT2D eigenvalue weighted by molar-refractivity contribution is 6.11. The fraction of sp³-hybridized carbons (Fsp3) is 0.0943. The molecule has 11 rings (SSSR count). The highest BCUT2D eigenvalue weighted by Gasteiger charge is 2.41. The van der Waals surface area contributed by atoms with Crippen molar-refractivity contribution in [3.63, 3.8) is 0 Å². The first-order valence-electron chi connectivity index (χ1n) is 19.3. The average molecular weight is 706 g/mol. The number of furan rings is 1. The second-order valence-electron chi connectivity index (χ2n) is 15.8. The van der Waals surface area contributed by atoms with E-state index >= 15 is 0 Å². The van der Waals surface area contributed by atoms with Crippen LogP contribution in [-0.4, -0.2) is 0 Å². The van der Waals surface area contributed by atoms with Gasteiger partial charge >= 0.3 is 0 Å². The lowest BCUT2D eigenvalue weighted by Crippen LogP contribution is -2.22. The van der Waals surface area contributed by atoms with E-state index in [9.17, 15) is 0 Å². The predicted molar refractivity (Wildman–Crippen MR) is 229 cm³/mol. The van der Waals surface area contributed by atoms with E-state index in [1.54, 1.807) is 0 Å². The molecular weight excluding hydrogens is 667 g/mol. The number of hydrogen-bond acceptors (Lipinski definition) is 2. The van der Waals surface area contributed by atoms with E-state index in [4.69, 9.17) is 4.42 Å². The van der Waals surface area contributed by atoms with Crippen molar-refractivity contribution >= 4 is 39.0 Å². The van der Waals surface area contributed by atoms with Gasteiger partial charge in [0.1, 0.15) is 5.58 Å². The van der Waals surface area contributed by atoms with Crippen molar-refractivity contribution in [3.8, 4) is 33.4 Å². The normalized spacial score (nSPS) is 14.4. The van der Waals surface area contributed by atoms with Gasteiger partial charge in [-0.05, 0) is 111 Å². The zero-order chi connectivity index (χ0) is 36.9. The van der Waals surface area contributed by atoms with Gasteiger partial charge in [-0.25, -0.2) is 0 Å². The van der Waals surface area contributed by atoms with Crippen molar-refractivity contribution in [2.24, 2.45) is 0 Å². The summed E-state index contributed by atoms with van der Waals surface area (Å²) in [7, 11) is 0. The number of rotatable bonds is 5. The molecule has 0 bridgehead atoms. The molecule has 262 valence electrons. The van der Waals surface area contributed by atoms with Gasteiger partial charge in [-0.2, -0.15) is 0 Å². The maximum absolute atomic E-state index is 6.93. The molecule has 0 fully saturated rings. The van der Waals surface area contributed by atoms with Gasteiger partial charge in [0.05, 0.1) is 5.69 Å². The van der Waals surface area contributed by atoms with Crippen molar-refractivity contribution in [3.05, 3.63) is 210 Å². The third-order valence-corrected chi connectivity index (χ3v) is 12.6. The molecule has 2 nitrogen and oxygen atoms in total. The molecule has 9 aromatic rings. The highest BCUT2D eigenvalue weighted by Crippen LogP contribution is 2.54. The molecule has 1 heterocycles. The maximum Gasteiger partial charge on any atom is 0.159 e.